The van der Waals surface area contributed by atoms with Gasteiger partial charge in [0.1, 0.15) is 4.60 Å². The van der Waals surface area contributed by atoms with Crippen molar-refractivity contribution in [3.05, 3.63) is 10.8 Å². The van der Waals surface area contributed by atoms with Gasteiger partial charge in [-0.2, -0.15) is 5.10 Å². The maximum atomic E-state index is 11.3. The first-order valence-electron chi connectivity index (χ1n) is 4.33. The molecule has 0 aromatic carbocycles. The molecule has 0 saturated carbocycles. The highest BCUT2D eigenvalue weighted by Crippen LogP contribution is 2.19. The highest BCUT2D eigenvalue weighted by atomic mass is 79.9. The number of nitrogens with one attached hydrogen (secondary N) is 2. The van der Waals surface area contributed by atoms with Crippen molar-refractivity contribution in [2.75, 3.05) is 18.4 Å². The minimum Gasteiger partial charge on any atom is -0.321 e. The van der Waals surface area contributed by atoms with Gasteiger partial charge in [0.25, 0.3) is 0 Å². The number of carbonyl (C=O) groups is 1. The van der Waals surface area contributed by atoms with E-state index in [0.29, 0.717) is 12.2 Å². The number of carbonyl (C=O) groups excluding carboxylic acids is 1. The zero-order valence-corrected chi connectivity index (χ0v) is 9.76. The van der Waals surface area contributed by atoms with Gasteiger partial charge in [-0.3, -0.25) is 9.48 Å². The van der Waals surface area contributed by atoms with Gasteiger partial charge in [-0.1, -0.05) is 6.92 Å². The van der Waals surface area contributed by atoms with Crippen molar-refractivity contribution in [2.45, 2.75) is 6.92 Å². The summed E-state index contributed by atoms with van der Waals surface area (Å²) in [7, 11) is 1.80. The molecule has 1 amide bonds. The summed E-state index contributed by atoms with van der Waals surface area (Å²) in [5.41, 5.74) is 0.690. The molecule has 2 N–H and O–H groups in total. The Morgan fingerprint density at radius 3 is 2.93 bits per heavy atom. The van der Waals surface area contributed by atoms with Gasteiger partial charge in [0.05, 0.1) is 18.4 Å². The lowest BCUT2D eigenvalue weighted by molar-refractivity contribution is -0.115. The van der Waals surface area contributed by atoms with Gasteiger partial charge in [0.2, 0.25) is 5.91 Å². The lowest BCUT2D eigenvalue weighted by atomic mass is 10.5. The number of hydrogen-bond acceptors (Lipinski definition) is 3. The fourth-order valence-electron chi connectivity index (χ4n) is 0.939. The molecule has 0 saturated heterocycles. The average Bonchev–Trinajstić information content (AvgIpc) is 2.46. The maximum Gasteiger partial charge on any atom is 0.238 e. The lowest BCUT2D eigenvalue weighted by Crippen LogP contribution is -2.27. The zero-order valence-electron chi connectivity index (χ0n) is 8.17. The first-order chi connectivity index (χ1) is 6.65. The van der Waals surface area contributed by atoms with Crippen LogP contribution in [0.4, 0.5) is 5.69 Å². The van der Waals surface area contributed by atoms with Crippen molar-refractivity contribution in [3.8, 4) is 0 Å². The fourth-order valence-corrected chi connectivity index (χ4v) is 1.23. The molecule has 1 aromatic heterocycles. The van der Waals surface area contributed by atoms with Crippen LogP contribution in [0.5, 0.6) is 0 Å². The molecule has 1 aromatic rings. The molecule has 0 aliphatic carbocycles. The van der Waals surface area contributed by atoms with E-state index in [-0.39, 0.29) is 5.91 Å². The van der Waals surface area contributed by atoms with Crippen LogP contribution in [0.25, 0.3) is 0 Å². The van der Waals surface area contributed by atoms with E-state index in [1.165, 1.54) is 0 Å². The molecule has 1 rings (SSSR count). The summed E-state index contributed by atoms with van der Waals surface area (Å²) in [5, 5.41) is 9.66. The second-order valence-corrected chi connectivity index (χ2v) is 3.55. The van der Waals surface area contributed by atoms with E-state index in [4.69, 9.17) is 0 Å². The SMILES string of the molecule is CCNCC(=O)Nc1cnn(C)c1Br. The largest absolute Gasteiger partial charge is 0.321 e. The molecule has 0 aliphatic heterocycles. The van der Waals surface area contributed by atoms with Crippen molar-refractivity contribution in [3.63, 3.8) is 0 Å². The Morgan fingerprint density at radius 2 is 2.43 bits per heavy atom. The molecular weight excluding hydrogens is 248 g/mol. The fraction of sp³-hybridized carbons (Fsp3) is 0.500. The highest BCUT2D eigenvalue weighted by Gasteiger charge is 2.07. The monoisotopic (exact) mass is 260 g/mol. The molecule has 0 fully saturated rings. The molecule has 0 bridgehead atoms. The van der Waals surface area contributed by atoms with Gasteiger partial charge in [-0.25, -0.2) is 0 Å². The Labute approximate surface area is 91.0 Å². The maximum absolute atomic E-state index is 11.3. The van der Waals surface area contributed by atoms with Gasteiger partial charge >= 0.3 is 0 Å². The summed E-state index contributed by atoms with van der Waals surface area (Å²) < 4.78 is 2.41. The Morgan fingerprint density at radius 1 is 1.71 bits per heavy atom. The molecule has 0 atom stereocenters. The Kier molecular flexibility index (Phi) is 4.09. The number of halogens is 1. The van der Waals surface area contributed by atoms with Gasteiger partial charge in [-0.15, -0.1) is 0 Å². The van der Waals surface area contributed by atoms with Crippen LogP contribution in [0.3, 0.4) is 0 Å². The van der Waals surface area contributed by atoms with Crippen molar-refractivity contribution in [1.82, 2.24) is 15.1 Å². The van der Waals surface area contributed by atoms with Crippen LogP contribution in [0.15, 0.2) is 10.8 Å². The van der Waals surface area contributed by atoms with Crippen LogP contribution in [0.1, 0.15) is 6.92 Å². The number of rotatable bonds is 4. The Bertz CT molecular complexity index is 323. The Balaban J connectivity index is 2.52. The molecule has 0 aliphatic rings. The topological polar surface area (TPSA) is 59.0 Å². The van der Waals surface area contributed by atoms with E-state index in [9.17, 15) is 4.79 Å². The molecule has 0 radical (unpaired) electrons. The summed E-state index contributed by atoms with van der Waals surface area (Å²) in [6.45, 7) is 3.05. The van der Waals surface area contributed by atoms with Gasteiger partial charge in [-0.05, 0) is 22.5 Å². The van der Waals surface area contributed by atoms with Crippen molar-refractivity contribution >= 4 is 27.5 Å². The highest BCUT2D eigenvalue weighted by molar-refractivity contribution is 9.10. The van der Waals surface area contributed by atoms with Crippen LogP contribution in [0, 0.1) is 0 Å². The van der Waals surface area contributed by atoms with Crippen LogP contribution < -0.4 is 10.6 Å². The standard InChI is InChI=1S/C8H13BrN4O/c1-3-10-5-7(14)12-6-4-11-13(2)8(6)9/h4,10H,3,5H2,1-2H3,(H,12,14). The Hall–Kier alpha value is -0.880. The van der Waals surface area contributed by atoms with E-state index in [1.807, 2.05) is 6.92 Å². The predicted octanol–water partition coefficient (Wildman–Crippen LogP) is 0.731. The van der Waals surface area contributed by atoms with E-state index in [1.54, 1.807) is 17.9 Å². The third-order valence-corrected chi connectivity index (χ3v) is 2.62. The number of likely N-dealkylation sites (N-methyl/N-ethyl adjacent to an activating group) is 1. The zero-order chi connectivity index (χ0) is 10.6. The average molecular weight is 261 g/mol. The molecule has 0 unspecified atom stereocenters. The van der Waals surface area contributed by atoms with Crippen LogP contribution in [-0.4, -0.2) is 28.8 Å². The minimum absolute atomic E-state index is 0.0689. The quantitative estimate of drug-likeness (QED) is 0.840. The van der Waals surface area contributed by atoms with Gasteiger partial charge in [0.15, 0.2) is 0 Å². The van der Waals surface area contributed by atoms with Gasteiger partial charge < -0.3 is 10.6 Å². The third-order valence-electron chi connectivity index (χ3n) is 1.68. The first-order valence-corrected chi connectivity index (χ1v) is 5.12. The number of aryl methyl sites for hydroxylation is 1. The molecule has 14 heavy (non-hydrogen) atoms. The van der Waals surface area contributed by atoms with Crippen molar-refractivity contribution < 1.29 is 4.79 Å². The van der Waals surface area contributed by atoms with E-state index >= 15 is 0 Å². The van der Waals surface area contributed by atoms with Crippen molar-refractivity contribution in [1.29, 1.82) is 0 Å². The normalized spacial score (nSPS) is 10.2. The van der Waals surface area contributed by atoms with Crippen molar-refractivity contribution in [2.24, 2.45) is 7.05 Å². The number of hydrogen-bond donors (Lipinski definition) is 2. The van der Waals surface area contributed by atoms with E-state index < -0.39 is 0 Å². The molecule has 1 heterocycles. The lowest BCUT2D eigenvalue weighted by Gasteiger charge is -2.03. The second kappa shape index (κ2) is 5.11. The van der Waals surface area contributed by atoms with Crippen LogP contribution >= 0.6 is 15.9 Å². The number of amides is 1. The minimum atomic E-state index is -0.0689. The number of aromatic nitrogens is 2. The summed E-state index contributed by atoms with van der Waals surface area (Å²) in [6.07, 6.45) is 1.61. The van der Waals surface area contributed by atoms with Crippen LogP contribution in [0.2, 0.25) is 0 Å². The third kappa shape index (κ3) is 2.81. The summed E-state index contributed by atoms with van der Waals surface area (Å²) in [6, 6.07) is 0. The molecular formula is C8H13BrN4O. The number of anilines is 1. The van der Waals surface area contributed by atoms with Crippen LogP contribution in [-0.2, 0) is 11.8 Å². The molecule has 5 nitrogen and oxygen atoms in total. The summed E-state index contributed by atoms with van der Waals surface area (Å²) >= 11 is 3.31. The molecule has 78 valence electrons. The van der Waals surface area contributed by atoms with Gasteiger partial charge in [0, 0.05) is 7.05 Å². The second-order valence-electron chi connectivity index (χ2n) is 2.80. The molecule has 6 heteroatoms. The van der Waals surface area contributed by atoms with E-state index in [2.05, 4.69) is 31.7 Å². The molecule has 0 spiro atoms. The predicted molar refractivity (Wildman–Crippen MR) is 58.1 cm³/mol. The first kappa shape index (κ1) is 11.2. The smallest absolute Gasteiger partial charge is 0.238 e. The number of nitrogens with zero attached hydrogens (tertiary/aromatic N) is 2. The summed E-state index contributed by atoms with van der Waals surface area (Å²) in [4.78, 5) is 11.3. The summed E-state index contributed by atoms with van der Waals surface area (Å²) in [5.74, 6) is -0.0689. The van der Waals surface area contributed by atoms with E-state index in [0.717, 1.165) is 11.1 Å².